The molecule has 17 heavy (non-hydrogen) atoms. The molecule has 3 nitrogen and oxygen atoms in total. The van der Waals surface area contributed by atoms with Gasteiger partial charge in [-0.2, -0.15) is 0 Å². The molecule has 0 unspecified atom stereocenters. The highest BCUT2D eigenvalue weighted by Crippen LogP contribution is 2.27. The summed E-state index contributed by atoms with van der Waals surface area (Å²) < 4.78 is 6.57. The molecule has 0 atom stereocenters. The van der Waals surface area contributed by atoms with E-state index in [2.05, 4.69) is 32.7 Å². The molecule has 0 saturated carbocycles. The van der Waals surface area contributed by atoms with Gasteiger partial charge in [0.25, 0.3) is 0 Å². The van der Waals surface area contributed by atoms with Crippen molar-refractivity contribution in [1.29, 1.82) is 0 Å². The van der Waals surface area contributed by atoms with E-state index < -0.39 is 0 Å². The molecule has 0 aromatic carbocycles. The van der Waals surface area contributed by atoms with Crippen molar-refractivity contribution in [2.24, 2.45) is 0 Å². The van der Waals surface area contributed by atoms with E-state index >= 15 is 0 Å². The van der Waals surface area contributed by atoms with Gasteiger partial charge in [-0.05, 0) is 46.6 Å². The Bertz CT molecular complexity index is 345. The fraction of sp³-hybridized carbons (Fsp3) is 0.667. The van der Waals surface area contributed by atoms with Crippen LogP contribution in [0.1, 0.15) is 24.1 Å². The molecule has 96 valence electrons. The number of aliphatic hydroxyl groups is 1. The predicted octanol–water partition coefficient (Wildman–Crippen LogP) is 2.53. The van der Waals surface area contributed by atoms with Gasteiger partial charge in [0.2, 0.25) is 0 Å². The molecule has 1 fully saturated rings. The number of aliphatic hydroxyl groups excluding tert-OH is 1. The minimum Gasteiger partial charge on any atom is -0.396 e. The molecular formula is C12H18BrNO2S. The van der Waals surface area contributed by atoms with Crippen LogP contribution in [0, 0.1) is 0 Å². The molecular weight excluding hydrogens is 302 g/mol. The number of ether oxygens (including phenoxy) is 1. The molecule has 1 aliphatic heterocycles. The second-order valence-electron chi connectivity index (χ2n) is 4.41. The van der Waals surface area contributed by atoms with Crippen molar-refractivity contribution in [3.8, 4) is 0 Å². The third-order valence-electron chi connectivity index (χ3n) is 3.36. The number of hydrogen-bond donors (Lipinski definition) is 2. The van der Waals surface area contributed by atoms with E-state index in [9.17, 15) is 5.11 Å². The van der Waals surface area contributed by atoms with E-state index in [4.69, 9.17) is 4.74 Å². The average Bonchev–Trinajstić information content (AvgIpc) is 2.74. The van der Waals surface area contributed by atoms with Crippen molar-refractivity contribution in [1.82, 2.24) is 5.32 Å². The Kier molecular flexibility index (Phi) is 4.99. The Balaban J connectivity index is 1.95. The minimum absolute atomic E-state index is 0.0520. The van der Waals surface area contributed by atoms with E-state index in [1.165, 1.54) is 9.35 Å². The molecule has 5 heteroatoms. The topological polar surface area (TPSA) is 41.5 Å². The zero-order valence-electron chi connectivity index (χ0n) is 9.75. The van der Waals surface area contributed by atoms with Crippen LogP contribution in [0.25, 0.3) is 0 Å². The van der Waals surface area contributed by atoms with Gasteiger partial charge >= 0.3 is 0 Å². The highest BCUT2D eigenvalue weighted by molar-refractivity contribution is 9.10. The van der Waals surface area contributed by atoms with Gasteiger partial charge < -0.3 is 15.2 Å². The van der Waals surface area contributed by atoms with Crippen LogP contribution in [0.2, 0.25) is 0 Å². The number of thiophene rings is 1. The van der Waals surface area contributed by atoms with Gasteiger partial charge in [0.1, 0.15) is 0 Å². The molecule has 1 aliphatic rings. The molecule has 2 rings (SSSR count). The third kappa shape index (κ3) is 3.51. The summed E-state index contributed by atoms with van der Waals surface area (Å²) in [7, 11) is 0. The first-order chi connectivity index (χ1) is 8.26. The highest BCUT2D eigenvalue weighted by atomic mass is 79.9. The van der Waals surface area contributed by atoms with E-state index in [0.29, 0.717) is 0 Å². The Morgan fingerprint density at radius 1 is 1.47 bits per heavy atom. The van der Waals surface area contributed by atoms with Crippen molar-refractivity contribution in [3.05, 3.63) is 20.8 Å². The zero-order chi connectivity index (χ0) is 12.1. The zero-order valence-corrected chi connectivity index (χ0v) is 12.1. The van der Waals surface area contributed by atoms with Gasteiger partial charge in [-0.25, -0.2) is 0 Å². The molecule has 1 aromatic heterocycles. The van der Waals surface area contributed by atoms with Crippen LogP contribution in [0.15, 0.2) is 15.9 Å². The molecule has 1 saturated heterocycles. The number of halogens is 1. The lowest BCUT2D eigenvalue weighted by atomic mass is 9.87. The van der Waals surface area contributed by atoms with Crippen LogP contribution in [-0.4, -0.2) is 30.5 Å². The molecule has 2 heterocycles. The first kappa shape index (κ1) is 13.5. The summed E-state index contributed by atoms with van der Waals surface area (Å²) in [5.41, 5.74) is 0.0520. The first-order valence-corrected chi connectivity index (χ1v) is 7.58. The summed E-state index contributed by atoms with van der Waals surface area (Å²) >= 11 is 5.30. The van der Waals surface area contributed by atoms with Gasteiger partial charge in [0, 0.05) is 41.3 Å². The summed E-state index contributed by atoms with van der Waals surface area (Å²) in [5, 5.41) is 14.9. The van der Waals surface area contributed by atoms with Crippen LogP contribution >= 0.6 is 27.3 Å². The predicted molar refractivity (Wildman–Crippen MR) is 73.3 cm³/mol. The normalized spacial score (nSPS) is 19.4. The third-order valence-corrected chi connectivity index (χ3v) is 5.28. The van der Waals surface area contributed by atoms with Gasteiger partial charge in [-0.3, -0.25) is 0 Å². The monoisotopic (exact) mass is 319 g/mol. The number of nitrogens with one attached hydrogen (secondary N) is 1. The SMILES string of the molecule is OCCC1(NCc2sccc2Br)CCOCC1. The van der Waals surface area contributed by atoms with E-state index in [-0.39, 0.29) is 12.1 Å². The fourth-order valence-corrected chi connectivity index (χ4v) is 3.64. The molecule has 0 spiro atoms. The second-order valence-corrected chi connectivity index (χ2v) is 6.27. The maximum Gasteiger partial charge on any atom is 0.0483 e. The summed E-state index contributed by atoms with van der Waals surface area (Å²) in [6.07, 6.45) is 2.77. The number of hydrogen-bond acceptors (Lipinski definition) is 4. The molecule has 0 amide bonds. The first-order valence-electron chi connectivity index (χ1n) is 5.91. The number of rotatable bonds is 5. The minimum atomic E-state index is 0.0520. The summed E-state index contributed by atoms with van der Waals surface area (Å²) in [5.74, 6) is 0. The summed E-state index contributed by atoms with van der Waals surface area (Å²) in [4.78, 5) is 1.31. The van der Waals surface area contributed by atoms with Gasteiger partial charge in [-0.15, -0.1) is 11.3 Å². The van der Waals surface area contributed by atoms with E-state index in [1.54, 1.807) is 11.3 Å². The van der Waals surface area contributed by atoms with Gasteiger partial charge in [-0.1, -0.05) is 0 Å². The Labute approximate surface area is 114 Å². The van der Waals surface area contributed by atoms with Crippen LogP contribution in [0.4, 0.5) is 0 Å². The summed E-state index contributed by atoms with van der Waals surface area (Å²) in [6.45, 7) is 2.67. The van der Waals surface area contributed by atoms with Crippen molar-refractivity contribution in [3.63, 3.8) is 0 Å². The van der Waals surface area contributed by atoms with Crippen molar-refractivity contribution < 1.29 is 9.84 Å². The van der Waals surface area contributed by atoms with Crippen molar-refractivity contribution in [2.45, 2.75) is 31.3 Å². The second kappa shape index (κ2) is 6.29. The van der Waals surface area contributed by atoms with Crippen LogP contribution in [-0.2, 0) is 11.3 Å². The smallest absolute Gasteiger partial charge is 0.0483 e. The quantitative estimate of drug-likeness (QED) is 0.876. The molecule has 0 aliphatic carbocycles. The average molecular weight is 320 g/mol. The maximum absolute atomic E-state index is 9.21. The van der Waals surface area contributed by atoms with E-state index in [1.807, 2.05) is 0 Å². The summed E-state index contributed by atoms with van der Waals surface area (Å²) in [6, 6.07) is 2.07. The molecule has 2 N–H and O–H groups in total. The fourth-order valence-electron chi connectivity index (χ4n) is 2.21. The Morgan fingerprint density at radius 2 is 2.24 bits per heavy atom. The van der Waals surface area contributed by atoms with Crippen molar-refractivity contribution >= 4 is 27.3 Å². The Morgan fingerprint density at radius 3 is 2.82 bits per heavy atom. The lowest BCUT2D eigenvalue weighted by Gasteiger charge is -2.38. The lowest BCUT2D eigenvalue weighted by molar-refractivity contribution is 0.0268. The molecule has 0 radical (unpaired) electrons. The maximum atomic E-state index is 9.21. The van der Waals surface area contributed by atoms with Crippen LogP contribution in [0.5, 0.6) is 0 Å². The highest BCUT2D eigenvalue weighted by Gasteiger charge is 2.31. The molecule has 1 aromatic rings. The lowest BCUT2D eigenvalue weighted by Crippen LogP contribution is -2.49. The van der Waals surface area contributed by atoms with E-state index in [0.717, 1.165) is 39.0 Å². The van der Waals surface area contributed by atoms with Gasteiger partial charge in [0.15, 0.2) is 0 Å². The molecule has 0 bridgehead atoms. The largest absolute Gasteiger partial charge is 0.396 e. The van der Waals surface area contributed by atoms with Gasteiger partial charge in [0.05, 0.1) is 0 Å². The Hall–Kier alpha value is 0.0600. The standard InChI is InChI=1S/C12H18BrNO2S/c13-10-1-8-17-11(10)9-14-12(2-5-15)3-6-16-7-4-12/h1,8,14-15H,2-7,9H2. The van der Waals surface area contributed by atoms with Crippen LogP contribution in [0.3, 0.4) is 0 Å². The van der Waals surface area contributed by atoms with Crippen LogP contribution < -0.4 is 5.32 Å². The van der Waals surface area contributed by atoms with Crippen molar-refractivity contribution in [2.75, 3.05) is 19.8 Å².